The summed E-state index contributed by atoms with van der Waals surface area (Å²) in [7, 11) is 0. The van der Waals surface area contributed by atoms with E-state index in [1.54, 1.807) is 0 Å². The molecule has 2 fully saturated rings. The number of rotatable bonds is 3. The molecule has 1 aliphatic carbocycles. The van der Waals surface area contributed by atoms with Crippen LogP contribution in [0.15, 0.2) is 18.2 Å². The van der Waals surface area contributed by atoms with Crippen LogP contribution in [-0.2, 0) is 20.8 Å². The van der Waals surface area contributed by atoms with Gasteiger partial charge < -0.3 is 19.9 Å². The number of carbonyl (C=O) groups excluding carboxylic acids is 3. The molecule has 0 spiro atoms. The molecule has 0 aromatic heterocycles. The van der Waals surface area contributed by atoms with Gasteiger partial charge in [0.05, 0.1) is 25.1 Å². The second kappa shape index (κ2) is 7.58. The van der Waals surface area contributed by atoms with Crippen molar-refractivity contribution in [2.24, 2.45) is 5.92 Å². The van der Waals surface area contributed by atoms with E-state index in [4.69, 9.17) is 4.74 Å². The number of hydrogen-bond acceptors (Lipinski definition) is 4. The van der Waals surface area contributed by atoms with Crippen LogP contribution in [0.5, 0.6) is 5.75 Å². The van der Waals surface area contributed by atoms with Gasteiger partial charge >= 0.3 is 0 Å². The lowest BCUT2D eigenvalue weighted by molar-refractivity contribution is -0.134. The van der Waals surface area contributed by atoms with E-state index in [2.05, 4.69) is 5.32 Å². The normalized spacial score (nSPS) is 20.1. The Balaban J connectivity index is 1.37. The molecule has 1 saturated carbocycles. The van der Waals surface area contributed by atoms with E-state index >= 15 is 0 Å². The zero-order valence-corrected chi connectivity index (χ0v) is 15.4. The summed E-state index contributed by atoms with van der Waals surface area (Å²) in [4.78, 5) is 40.5. The predicted octanol–water partition coefficient (Wildman–Crippen LogP) is 1.42. The third-order valence-corrected chi connectivity index (χ3v) is 5.35. The first-order valence-electron chi connectivity index (χ1n) is 9.72. The summed E-state index contributed by atoms with van der Waals surface area (Å²) in [6, 6.07) is 5.49. The van der Waals surface area contributed by atoms with Gasteiger partial charge in [-0.1, -0.05) is 6.07 Å². The van der Waals surface area contributed by atoms with E-state index in [1.165, 1.54) is 0 Å². The van der Waals surface area contributed by atoms with Gasteiger partial charge in [-0.15, -0.1) is 0 Å². The molecule has 4 rings (SSSR count). The number of hydrogen-bond donors (Lipinski definition) is 1. The molecule has 0 bridgehead atoms. The smallest absolute Gasteiger partial charge is 0.227 e. The van der Waals surface area contributed by atoms with Gasteiger partial charge in [0.25, 0.3) is 0 Å². The van der Waals surface area contributed by atoms with Gasteiger partial charge in [-0.25, -0.2) is 0 Å². The van der Waals surface area contributed by atoms with E-state index in [0.29, 0.717) is 44.1 Å². The highest BCUT2D eigenvalue weighted by Crippen LogP contribution is 2.31. The van der Waals surface area contributed by atoms with Crippen molar-refractivity contribution in [3.8, 4) is 5.75 Å². The Bertz CT molecular complexity index is 760. The lowest BCUT2D eigenvalue weighted by atomic mass is 10.1. The van der Waals surface area contributed by atoms with Crippen LogP contribution in [0.25, 0.3) is 0 Å². The van der Waals surface area contributed by atoms with Crippen molar-refractivity contribution in [3.05, 3.63) is 23.8 Å². The summed E-state index contributed by atoms with van der Waals surface area (Å²) in [5, 5.41) is 2.83. The van der Waals surface area contributed by atoms with Crippen molar-refractivity contribution in [3.63, 3.8) is 0 Å². The van der Waals surface area contributed by atoms with Crippen molar-refractivity contribution in [1.29, 1.82) is 0 Å². The molecule has 0 radical (unpaired) electrons. The summed E-state index contributed by atoms with van der Waals surface area (Å²) in [5.41, 5.74) is 1.47. The minimum atomic E-state index is -0.0786. The average molecular weight is 371 g/mol. The summed E-state index contributed by atoms with van der Waals surface area (Å²) in [6.45, 7) is 2.98. The molecule has 0 unspecified atom stereocenters. The lowest BCUT2D eigenvalue weighted by Gasteiger charge is -2.22. The van der Waals surface area contributed by atoms with Crippen LogP contribution in [0.3, 0.4) is 0 Å². The summed E-state index contributed by atoms with van der Waals surface area (Å²) >= 11 is 0. The highest BCUT2D eigenvalue weighted by molar-refractivity contribution is 5.93. The number of nitrogens with zero attached hydrogens (tertiary/aromatic N) is 2. The molecule has 1 saturated heterocycles. The molecule has 3 aliphatic rings. The summed E-state index contributed by atoms with van der Waals surface area (Å²) in [6.07, 6.45) is 3.44. The van der Waals surface area contributed by atoms with Crippen LogP contribution in [0.1, 0.15) is 31.2 Å². The topological polar surface area (TPSA) is 79.0 Å². The molecule has 1 N–H and O–H groups in total. The number of carbonyl (C=O) groups is 3. The average Bonchev–Trinajstić information content (AvgIpc) is 3.49. The molecule has 0 atom stereocenters. The first-order chi connectivity index (χ1) is 13.1. The maximum absolute atomic E-state index is 12.7. The zero-order chi connectivity index (χ0) is 18.8. The Labute approximate surface area is 158 Å². The van der Waals surface area contributed by atoms with Crippen molar-refractivity contribution in [2.45, 2.75) is 32.1 Å². The molecule has 27 heavy (non-hydrogen) atoms. The van der Waals surface area contributed by atoms with Crippen LogP contribution < -0.4 is 10.1 Å². The molecule has 144 valence electrons. The predicted molar refractivity (Wildman–Crippen MR) is 99.4 cm³/mol. The summed E-state index contributed by atoms with van der Waals surface area (Å²) < 4.78 is 5.55. The highest BCUT2D eigenvalue weighted by Gasteiger charge is 2.34. The molecule has 1 aromatic carbocycles. The fourth-order valence-electron chi connectivity index (χ4n) is 3.64. The monoisotopic (exact) mass is 371 g/mol. The van der Waals surface area contributed by atoms with Crippen LogP contribution in [0.4, 0.5) is 5.69 Å². The van der Waals surface area contributed by atoms with Gasteiger partial charge in [-0.3, -0.25) is 14.4 Å². The van der Waals surface area contributed by atoms with Gasteiger partial charge in [-0.05, 0) is 37.0 Å². The zero-order valence-electron chi connectivity index (χ0n) is 15.4. The van der Waals surface area contributed by atoms with Gasteiger partial charge in [0.2, 0.25) is 17.7 Å². The van der Waals surface area contributed by atoms with E-state index < -0.39 is 0 Å². The van der Waals surface area contributed by atoms with E-state index in [1.807, 2.05) is 28.0 Å². The fraction of sp³-hybridized carbons (Fsp3) is 0.550. The van der Waals surface area contributed by atoms with Crippen molar-refractivity contribution in [2.75, 3.05) is 38.1 Å². The molecule has 3 amide bonds. The van der Waals surface area contributed by atoms with Crippen LogP contribution in [-0.4, -0.2) is 60.3 Å². The van der Waals surface area contributed by atoms with Crippen LogP contribution in [0.2, 0.25) is 0 Å². The fourth-order valence-corrected chi connectivity index (χ4v) is 3.64. The molecule has 7 nitrogen and oxygen atoms in total. The van der Waals surface area contributed by atoms with Crippen LogP contribution in [0, 0.1) is 5.92 Å². The van der Waals surface area contributed by atoms with E-state index in [9.17, 15) is 14.4 Å². The Kier molecular flexibility index (Phi) is 5.01. The largest absolute Gasteiger partial charge is 0.491 e. The SMILES string of the molecule is O=C1CCOc2ccc(CC(=O)N3CCCN(C(=O)C4CC4)CC3)cc2N1. The third-order valence-electron chi connectivity index (χ3n) is 5.35. The molecule has 2 heterocycles. The maximum atomic E-state index is 12.7. The van der Waals surface area contributed by atoms with Crippen LogP contribution >= 0.6 is 0 Å². The van der Waals surface area contributed by atoms with Gasteiger partial charge in [0.15, 0.2) is 0 Å². The molecule has 2 aliphatic heterocycles. The highest BCUT2D eigenvalue weighted by atomic mass is 16.5. The third kappa shape index (κ3) is 4.23. The number of ether oxygens (including phenoxy) is 1. The number of amides is 3. The molecular weight excluding hydrogens is 346 g/mol. The Morgan fingerprint density at radius 2 is 1.89 bits per heavy atom. The van der Waals surface area contributed by atoms with Crippen molar-refractivity contribution in [1.82, 2.24) is 9.80 Å². The number of fused-ring (bicyclic) bond motifs is 1. The standard InChI is InChI=1S/C20H25N3O4/c24-18-6-11-27-17-5-2-14(12-16(17)21-18)13-19(25)22-7-1-8-23(10-9-22)20(26)15-3-4-15/h2,5,12,15H,1,3-4,6-11,13H2,(H,21,24). The van der Waals surface area contributed by atoms with E-state index in [0.717, 1.165) is 31.4 Å². The minimum absolute atomic E-state index is 0.0523. The number of anilines is 1. The first kappa shape index (κ1) is 17.8. The maximum Gasteiger partial charge on any atom is 0.227 e. The van der Waals surface area contributed by atoms with Gasteiger partial charge in [-0.2, -0.15) is 0 Å². The second-order valence-corrected chi connectivity index (χ2v) is 7.49. The van der Waals surface area contributed by atoms with E-state index in [-0.39, 0.29) is 30.1 Å². The molecule has 7 heteroatoms. The first-order valence-corrected chi connectivity index (χ1v) is 9.72. The van der Waals surface area contributed by atoms with Crippen molar-refractivity contribution < 1.29 is 19.1 Å². The Morgan fingerprint density at radius 3 is 2.70 bits per heavy atom. The van der Waals surface area contributed by atoms with Crippen molar-refractivity contribution >= 4 is 23.4 Å². The molecular formula is C20H25N3O4. The van der Waals surface area contributed by atoms with Gasteiger partial charge in [0, 0.05) is 32.1 Å². The number of nitrogens with one attached hydrogen (secondary N) is 1. The number of benzene rings is 1. The summed E-state index contributed by atoms with van der Waals surface area (Å²) in [5.74, 6) is 1.10. The van der Waals surface area contributed by atoms with Gasteiger partial charge in [0.1, 0.15) is 5.75 Å². The Hall–Kier alpha value is -2.57. The second-order valence-electron chi connectivity index (χ2n) is 7.49. The Morgan fingerprint density at radius 1 is 1.11 bits per heavy atom. The molecule has 1 aromatic rings. The quantitative estimate of drug-likeness (QED) is 0.872. The lowest BCUT2D eigenvalue weighted by Crippen LogP contribution is -2.38. The minimum Gasteiger partial charge on any atom is -0.491 e.